The van der Waals surface area contributed by atoms with E-state index in [9.17, 15) is 5.11 Å². The molecule has 3 atom stereocenters. The Balaban J connectivity index is 0.000000354. The Labute approximate surface area is 77.2 Å². The van der Waals surface area contributed by atoms with E-state index in [2.05, 4.69) is 27.7 Å². The molecule has 0 heterocycles. The van der Waals surface area contributed by atoms with Crippen molar-refractivity contribution in [1.82, 2.24) is 0 Å². The fourth-order valence-electron chi connectivity index (χ4n) is 1.50. The SMILES string of the molecule is CC1CCC(C)C(O)C1.CCC. The van der Waals surface area contributed by atoms with E-state index in [-0.39, 0.29) is 6.10 Å². The van der Waals surface area contributed by atoms with Gasteiger partial charge >= 0.3 is 0 Å². The molecular weight excluding hydrogens is 148 g/mol. The lowest BCUT2D eigenvalue weighted by Gasteiger charge is -2.28. The molecule has 0 aromatic heterocycles. The molecule has 1 aliphatic rings. The van der Waals surface area contributed by atoms with Crippen LogP contribution >= 0.6 is 0 Å². The van der Waals surface area contributed by atoms with Crippen LogP contribution in [0.1, 0.15) is 53.4 Å². The molecule has 1 fully saturated rings. The van der Waals surface area contributed by atoms with Gasteiger partial charge in [0.25, 0.3) is 0 Å². The van der Waals surface area contributed by atoms with Crippen LogP contribution in [0.2, 0.25) is 0 Å². The van der Waals surface area contributed by atoms with Crippen molar-refractivity contribution >= 4 is 0 Å². The van der Waals surface area contributed by atoms with Crippen LogP contribution in [0.4, 0.5) is 0 Å². The number of aliphatic hydroxyl groups is 1. The molecule has 1 heteroatoms. The van der Waals surface area contributed by atoms with Crippen LogP contribution in [-0.4, -0.2) is 11.2 Å². The molecular formula is C11H24O. The van der Waals surface area contributed by atoms with E-state index in [1.807, 2.05) is 0 Å². The standard InChI is InChI=1S/C8H16O.C3H8/c1-6-3-4-7(2)8(9)5-6;1-3-2/h6-9H,3-5H2,1-2H3;3H2,1-2H3. The van der Waals surface area contributed by atoms with E-state index in [1.54, 1.807) is 0 Å². The molecule has 1 N–H and O–H groups in total. The summed E-state index contributed by atoms with van der Waals surface area (Å²) in [7, 11) is 0. The average Bonchev–Trinajstić information content (AvgIpc) is 1.99. The Morgan fingerprint density at radius 1 is 1.17 bits per heavy atom. The molecule has 0 aromatic carbocycles. The smallest absolute Gasteiger partial charge is 0.0568 e. The predicted octanol–water partition coefficient (Wildman–Crippen LogP) is 3.22. The van der Waals surface area contributed by atoms with Gasteiger partial charge in [0.15, 0.2) is 0 Å². The molecule has 1 rings (SSSR count). The third-order valence-electron chi connectivity index (χ3n) is 2.42. The second-order valence-electron chi connectivity index (χ2n) is 4.17. The third-order valence-corrected chi connectivity index (χ3v) is 2.42. The van der Waals surface area contributed by atoms with Gasteiger partial charge in [-0.25, -0.2) is 0 Å². The summed E-state index contributed by atoms with van der Waals surface area (Å²) >= 11 is 0. The summed E-state index contributed by atoms with van der Waals surface area (Å²) in [5, 5.41) is 9.35. The molecule has 1 saturated carbocycles. The van der Waals surface area contributed by atoms with Gasteiger partial charge in [-0.3, -0.25) is 0 Å². The van der Waals surface area contributed by atoms with Crippen LogP contribution in [0.3, 0.4) is 0 Å². The summed E-state index contributed by atoms with van der Waals surface area (Å²) in [5.74, 6) is 1.29. The first-order valence-corrected chi connectivity index (χ1v) is 5.29. The molecule has 0 aromatic rings. The Morgan fingerprint density at radius 2 is 1.67 bits per heavy atom. The fourth-order valence-corrected chi connectivity index (χ4v) is 1.50. The van der Waals surface area contributed by atoms with Crippen molar-refractivity contribution < 1.29 is 5.11 Å². The Hall–Kier alpha value is -0.0400. The van der Waals surface area contributed by atoms with E-state index >= 15 is 0 Å². The minimum atomic E-state index is -0.0197. The van der Waals surface area contributed by atoms with Crippen LogP contribution in [-0.2, 0) is 0 Å². The lowest BCUT2D eigenvalue weighted by Crippen LogP contribution is -2.25. The third kappa shape index (κ3) is 4.76. The van der Waals surface area contributed by atoms with Crippen molar-refractivity contribution in [3.05, 3.63) is 0 Å². The zero-order valence-electron chi connectivity index (χ0n) is 9.01. The topological polar surface area (TPSA) is 20.2 Å². The fraction of sp³-hybridized carbons (Fsp3) is 1.00. The zero-order chi connectivity index (χ0) is 9.56. The lowest BCUT2D eigenvalue weighted by molar-refractivity contribution is 0.0577. The molecule has 12 heavy (non-hydrogen) atoms. The van der Waals surface area contributed by atoms with E-state index in [0.29, 0.717) is 5.92 Å². The van der Waals surface area contributed by atoms with E-state index in [0.717, 1.165) is 12.3 Å². The van der Waals surface area contributed by atoms with E-state index in [4.69, 9.17) is 0 Å². The molecule has 1 nitrogen and oxygen atoms in total. The Morgan fingerprint density at radius 3 is 2.00 bits per heavy atom. The van der Waals surface area contributed by atoms with Crippen molar-refractivity contribution in [3.63, 3.8) is 0 Å². The molecule has 3 unspecified atom stereocenters. The highest BCUT2D eigenvalue weighted by molar-refractivity contribution is 4.74. The second kappa shape index (κ2) is 6.47. The Bertz CT molecular complexity index is 101. The Kier molecular flexibility index (Phi) is 6.45. The normalized spacial score (nSPS) is 35.2. The second-order valence-corrected chi connectivity index (χ2v) is 4.17. The van der Waals surface area contributed by atoms with Crippen LogP contribution in [0.5, 0.6) is 0 Å². The highest BCUT2D eigenvalue weighted by atomic mass is 16.3. The maximum Gasteiger partial charge on any atom is 0.0568 e. The van der Waals surface area contributed by atoms with Crippen LogP contribution in [0.25, 0.3) is 0 Å². The van der Waals surface area contributed by atoms with E-state index in [1.165, 1.54) is 19.3 Å². The molecule has 0 spiro atoms. The first-order chi connectivity index (χ1) is 5.61. The van der Waals surface area contributed by atoms with Gasteiger partial charge in [0, 0.05) is 0 Å². The molecule has 1 aliphatic carbocycles. The van der Waals surface area contributed by atoms with Crippen LogP contribution < -0.4 is 0 Å². The van der Waals surface area contributed by atoms with Crippen molar-refractivity contribution in [3.8, 4) is 0 Å². The molecule has 0 saturated heterocycles. The maximum atomic E-state index is 9.35. The monoisotopic (exact) mass is 172 g/mol. The van der Waals surface area contributed by atoms with Crippen molar-refractivity contribution in [2.24, 2.45) is 11.8 Å². The predicted molar refractivity (Wildman–Crippen MR) is 54.2 cm³/mol. The quantitative estimate of drug-likeness (QED) is 0.595. The van der Waals surface area contributed by atoms with Gasteiger partial charge in [0.2, 0.25) is 0 Å². The van der Waals surface area contributed by atoms with Crippen molar-refractivity contribution in [2.45, 2.75) is 59.5 Å². The van der Waals surface area contributed by atoms with Crippen molar-refractivity contribution in [1.29, 1.82) is 0 Å². The summed E-state index contributed by atoms with van der Waals surface area (Å²) in [6.45, 7) is 8.60. The van der Waals surface area contributed by atoms with Gasteiger partial charge in [-0.2, -0.15) is 0 Å². The average molecular weight is 172 g/mol. The highest BCUT2D eigenvalue weighted by Crippen LogP contribution is 2.27. The molecule has 74 valence electrons. The summed E-state index contributed by atoms with van der Waals surface area (Å²) < 4.78 is 0. The summed E-state index contributed by atoms with van der Waals surface area (Å²) in [4.78, 5) is 0. The summed E-state index contributed by atoms with van der Waals surface area (Å²) in [6.07, 6.45) is 4.76. The zero-order valence-corrected chi connectivity index (χ0v) is 9.01. The molecule has 0 aliphatic heterocycles. The van der Waals surface area contributed by atoms with Gasteiger partial charge in [-0.15, -0.1) is 0 Å². The molecule has 0 bridgehead atoms. The van der Waals surface area contributed by atoms with Gasteiger partial charge in [-0.1, -0.05) is 40.5 Å². The van der Waals surface area contributed by atoms with Crippen LogP contribution in [0.15, 0.2) is 0 Å². The maximum absolute atomic E-state index is 9.35. The molecule has 0 radical (unpaired) electrons. The van der Waals surface area contributed by atoms with Gasteiger partial charge in [0.1, 0.15) is 0 Å². The number of rotatable bonds is 0. The van der Waals surface area contributed by atoms with Crippen molar-refractivity contribution in [2.75, 3.05) is 0 Å². The largest absolute Gasteiger partial charge is 0.393 e. The molecule has 0 amide bonds. The number of hydrogen-bond donors (Lipinski definition) is 1. The number of hydrogen-bond acceptors (Lipinski definition) is 1. The van der Waals surface area contributed by atoms with E-state index < -0.39 is 0 Å². The highest BCUT2D eigenvalue weighted by Gasteiger charge is 2.22. The first kappa shape index (κ1) is 12.0. The summed E-state index contributed by atoms with van der Waals surface area (Å²) in [6, 6.07) is 0. The van der Waals surface area contributed by atoms with Gasteiger partial charge in [-0.05, 0) is 24.7 Å². The number of aliphatic hydroxyl groups excluding tert-OH is 1. The van der Waals surface area contributed by atoms with Gasteiger partial charge in [0.05, 0.1) is 6.10 Å². The first-order valence-electron chi connectivity index (χ1n) is 5.29. The lowest BCUT2D eigenvalue weighted by atomic mass is 9.82. The minimum absolute atomic E-state index is 0.0197. The summed E-state index contributed by atoms with van der Waals surface area (Å²) in [5.41, 5.74) is 0. The van der Waals surface area contributed by atoms with Crippen LogP contribution in [0, 0.1) is 11.8 Å². The van der Waals surface area contributed by atoms with Gasteiger partial charge < -0.3 is 5.11 Å². The minimum Gasteiger partial charge on any atom is -0.393 e.